The molecule has 1 unspecified atom stereocenters. The maximum absolute atomic E-state index is 12.5. The van der Waals surface area contributed by atoms with Gasteiger partial charge in [-0.05, 0) is 26.9 Å². The van der Waals surface area contributed by atoms with Crippen molar-refractivity contribution in [3.05, 3.63) is 0 Å². The van der Waals surface area contributed by atoms with Gasteiger partial charge < -0.3 is 10.2 Å². The van der Waals surface area contributed by atoms with E-state index in [0.717, 1.165) is 39.0 Å². The van der Waals surface area contributed by atoms with Gasteiger partial charge in [0.05, 0.1) is 5.75 Å². The lowest BCUT2D eigenvalue weighted by atomic mass is 10.1. The van der Waals surface area contributed by atoms with Crippen molar-refractivity contribution < 1.29 is 8.42 Å². The van der Waals surface area contributed by atoms with E-state index in [1.807, 2.05) is 14.1 Å². The van der Waals surface area contributed by atoms with Crippen molar-refractivity contribution in [3.63, 3.8) is 0 Å². The van der Waals surface area contributed by atoms with Crippen LogP contribution in [0.2, 0.25) is 0 Å². The summed E-state index contributed by atoms with van der Waals surface area (Å²) < 4.78 is 26.6. The molecule has 2 aliphatic heterocycles. The Bertz CT molecular complexity index is 393. The lowest BCUT2D eigenvalue weighted by Crippen LogP contribution is -2.50. The Morgan fingerprint density at radius 1 is 1.20 bits per heavy atom. The van der Waals surface area contributed by atoms with E-state index in [2.05, 4.69) is 15.1 Å². The highest BCUT2D eigenvalue weighted by molar-refractivity contribution is 7.89. The third kappa shape index (κ3) is 4.39. The Balaban J connectivity index is 1.85. The fourth-order valence-electron chi connectivity index (χ4n) is 2.90. The highest BCUT2D eigenvalue weighted by Crippen LogP contribution is 2.17. The van der Waals surface area contributed by atoms with Gasteiger partial charge in [-0.15, -0.1) is 0 Å². The first-order valence-electron chi connectivity index (χ1n) is 7.56. The number of rotatable bonds is 5. The van der Waals surface area contributed by atoms with Gasteiger partial charge in [0.25, 0.3) is 0 Å². The number of piperidine rings is 1. The highest BCUT2D eigenvalue weighted by atomic mass is 32.2. The summed E-state index contributed by atoms with van der Waals surface area (Å²) in [6.07, 6.45) is 2.06. The molecule has 0 aliphatic carbocycles. The smallest absolute Gasteiger partial charge is 0.215 e. The third-order valence-electron chi connectivity index (χ3n) is 4.36. The van der Waals surface area contributed by atoms with Crippen molar-refractivity contribution in [2.45, 2.75) is 18.9 Å². The quantitative estimate of drug-likeness (QED) is 0.724. The average Bonchev–Trinajstić information content (AvgIpc) is 2.46. The number of nitrogens with one attached hydrogen (secondary N) is 1. The van der Waals surface area contributed by atoms with Crippen molar-refractivity contribution in [1.29, 1.82) is 0 Å². The van der Waals surface area contributed by atoms with Crippen molar-refractivity contribution in [2.75, 3.05) is 65.7 Å². The Kier molecular flexibility index (Phi) is 5.80. The summed E-state index contributed by atoms with van der Waals surface area (Å²) in [6.45, 7) is 5.84. The minimum Gasteiger partial charge on any atom is -0.314 e. The molecule has 0 aromatic rings. The predicted octanol–water partition coefficient (Wildman–Crippen LogP) is -0.753. The monoisotopic (exact) mass is 304 g/mol. The first kappa shape index (κ1) is 16.2. The molecule has 2 aliphatic rings. The van der Waals surface area contributed by atoms with Gasteiger partial charge in [-0.3, -0.25) is 4.90 Å². The van der Waals surface area contributed by atoms with Crippen molar-refractivity contribution in [1.82, 2.24) is 19.4 Å². The molecule has 1 N–H and O–H groups in total. The summed E-state index contributed by atoms with van der Waals surface area (Å²) in [5, 5.41) is 3.29. The topological polar surface area (TPSA) is 55.9 Å². The maximum Gasteiger partial charge on any atom is 0.215 e. The van der Waals surface area contributed by atoms with Crippen LogP contribution in [-0.2, 0) is 10.0 Å². The molecule has 6 nitrogen and oxygen atoms in total. The zero-order valence-electron chi connectivity index (χ0n) is 12.7. The maximum atomic E-state index is 12.5. The average molecular weight is 304 g/mol. The van der Waals surface area contributed by atoms with Gasteiger partial charge in [-0.2, -0.15) is 0 Å². The van der Waals surface area contributed by atoms with Crippen LogP contribution in [0.1, 0.15) is 12.8 Å². The molecule has 2 fully saturated rings. The van der Waals surface area contributed by atoms with E-state index in [0.29, 0.717) is 25.7 Å². The Morgan fingerprint density at radius 3 is 2.55 bits per heavy atom. The molecule has 118 valence electrons. The molecule has 0 amide bonds. The van der Waals surface area contributed by atoms with Crippen LogP contribution in [0, 0.1) is 0 Å². The molecule has 0 bridgehead atoms. The second-order valence-electron chi connectivity index (χ2n) is 6.03. The Labute approximate surface area is 123 Å². The lowest BCUT2D eigenvalue weighted by molar-refractivity contribution is 0.189. The molecule has 1 atom stereocenters. The molecule has 0 radical (unpaired) electrons. The minimum absolute atomic E-state index is 0.257. The number of hydrogen-bond acceptors (Lipinski definition) is 5. The predicted molar refractivity (Wildman–Crippen MR) is 81.4 cm³/mol. The van der Waals surface area contributed by atoms with Crippen molar-refractivity contribution in [2.24, 2.45) is 0 Å². The molecule has 0 saturated carbocycles. The van der Waals surface area contributed by atoms with Gasteiger partial charge >= 0.3 is 0 Å². The van der Waals surface area contributed by atoms with Crippen LogP contribution in [-0.4, -0.2) is 94.2 Å². The first-order valence-corrected chi connectivity index (χ1v) is 9.17. The Morgan fingerprint density at radius 2 is 1.90 bits per heavy atom. The molecule has 2 saturated heterocycles. The van der Waals surface area contributed by atoms with E-state index in [-0.39, 0.29) is 5.75 Å². The summed E-state index contributed by atoms with van der Waals surface area (Å²) in [5.74, 6) is 0.257. The van der Waals surface area contributed by atoms with Gasteiger partial charge in [-0.1, -0.05) is 0 Å². The lowest BCUT2D eigenvalue weighted by Gasteiger charge is -2.36. The number of piperazine rings is 1. The number of likely N-dealkylation sites (N-methyl/N-ethyl adjacent to an activating group) is 1. The van der Waals surface area contributed by atoms with E-state index >= 15 is 0 Å². The fourth-order valence-corrected chi connectivity index (χ4v) is 4.46. The van der Waals surface area contributed by atoms with E-state index in [1.165, 1.54) is 0 Å². The molecule has 2 heterocycles. The zero-order valence-corrected chi connectivity index (χ0v) is 13.5. The Hall–Kier alpha value is -0.210. The van der Waals surface area contributed by atoms with Gasteiger partial charge in [0.1, 0.15) is 0 Å². The number of hydrogen-bond donors (Lipinski definition) is 1. The van der Waals surface area contributed by atoms with Crippen LogP contribution in [0.3, 0.4) is 0 Å². The summed E-state index contributed by atoms with van der Waals surface area (Å²) in [5.41, 5.74) is 0. The van der Waals surface area contributed by atoms with Crippen LogP contribution >= 0.6 is 0 Å². The van der Waals surface area contributed by atoms with Crippen LogP contribution in [0.15, 0.2) is 0 Å². The van der Waals surface area contributed by atoms with Crippen molar-refractivity contribution in [3.8, 4) is 0 Å². The number of nitrogens with zero attached hydrogens (tertiary/aromatic N) is 3. The second kappa shape index (κ2) is 7.17. The largest absolute Gasteiger partial charge is 0.314 e. The van der Waals surface area contributed by atoms with Crippen LogP contribution in [0.5, 0.6) is 0 Å². The molecule has 2 rings (SSSR count). The van der Waals surface area contributed by atoms with Crippen LogP contribution in [0.25, 0.3) is 0 Å². The SMILES string of the molecule is CN(C)C1CCCN(S(=O)(=O)CCN2CCNCC2)C1. The van der Waals surface area contributed by atoms with E-state index in [4.69, 9.17) is 0 Å². The third-order valence-corrected chi connectivity index (χ3v) is 6.17. The van der Waals surface area contributed by atoms with Gasteiger partial charge in [0.2, 0.25) is 10.0 Å². The van der Waals surface area contributed by atoms with Gasteiger partial charge in [-0.25, -0.2) is 12.7 Å². The van der Waals surface area contributed by atoms with Crippen LogP contribution < -0.4 is 5.32 Å². The summed E-state index contributed by atoms with van der Waals surface area (Å²) >= 11 is 0. The van der Waals surface area contributed by atoms with Gasteiger partial charge in [0, 0.05) is 51.9 Å². The highest BCUT2D eigenvalue weighted by Gasteiger charge is 2.29. The standard InChI is InChI=1S/C13H28N4O2S/c1-15(2)13-4-3-7-17(12-13)20(18,19)11-10-16-8-5-14-6-9-16/h13-14H,3-12H2,1-2H3. The molecule has 0 aromatic carbocycles. The van der Waals surface area contributed by atoms with E-state index < -0.39 is 10.0 Å². The summed E-state index contributed by atoms with van der Waals surface area (Å²) in [4.78, 5) is 4.37. The van der Waals surface area contributed by atoms with E-state index in [9.17, 15) is 8.42 Å². The fraction of sp³-hybridized carbons (Fsp3) is 1.00. The zero-order chi connectivity index (χ0) is 14.6. The molecule has 7 heteroatoms. The van der Waals surface area contributed by atoms with Crippen LogP contribution in [0.4, 0.5) is 0 Å². The molecule has 0 spiro atoms. The van der Waals surface area contributed by atoms with Crippen molar-refractivity contribution >= 4 is 10.0 Å². The normalized spacial score (nSPS) is 27.1. The summed E-state index contributed by atoms with van der Waals surface area (Å²) in [6, 6.07) is 0.359. The molecular formula is C13H28N4O2S. The molecule has 20 heavy (non-hydrogen) atoms. The van der Waals surface area contributed by atoms with Gasteiger partial charge in [0.15, 0.2) is 0 Å². The molecular weight excluding hydrogens is 276 g/mol. The summed E-state index contributed by atoms with van der Waals surface area (Å²) in [7, 11) is 0.954. The van der Waals surface area contributed by atoms with E-state index in [1.54, 1.807) is 4.31 Å². The second-order valence-corrected chi connectivity index (χ2v) is 8.11. The number of sulfonamides is 1. The first-order chi connectivity index (χ1) is 9.49. The minimum atomic E-state index is -3.10. The molecule has 0 aromatic heterocycles.